The maximum atomic E-state index is 14.6. The largest absolute Gasteiger partial charge is 0.477 e. The molecule has 0 amide bonds. The van der Waals surface area contributed by atoms with E-state index in [4.69, 9.17) is 0 Å². The van der Waals surface area contributed by atoms with Crippen molar-refractivity contribution in [1.29, 1.82) is 0 Å². The average molecular weight is 403 g/mol. The number of aromatic carboxylic acids is 1. The van der Waals surface area contributed by atoms with Gasteiger partial charge >= 0.3 is 5.97 Å². The fraction of sp³-hybridized carbons (Fsp3) is 0.471. The number of halogens is 3. The second-order valence-electron chi connectivity index (χ2n) is 6.90. The number of aromatic nitrogens is 2. The molecule has 0 spiro atoms. The number of pyridine rings is 2. The molecule has 27 heavy (non-hydrogen) atoms. The lowest BCUT2D eigenvalue weighted by Crippen LogP contribution is -2.44. The summed E-state index contributed by atoms with van der Waals surface area (Å²) in [5, 5.41) is 12.3. The van der Waals surface area contributed by atoms with Crippen molar-refractivity contribution in [1.82, 2.24) is 14.9 Å². The molecule has 7 nitrogen and oxygen atoms in total. The highest BCUT2D eigenvalue weighted by Gasteiger charge is 2.27. The van der Waals surface area contributed by atoms with Gasteiger partial charge in [0.1, 0.15) is 17.9 Å². The number of anilines is 1. The number of carboxylic acid groups (broad SMARTS) is 1. The fourth-order valence-corrected chi connectivity index (χ4v) is 2.99. The van der Waals surface area contributed by atoms with Crippen LogP contribution in [0.25, 0.3) is 11.0 Å². The van der Waals surface area contributed by atoms with E-state index >= 15 is 0 Å². The Morgan fingerprint density at radius 2 is 2.00 bits per heavy atom. The zero-order valence-corrected chi connectivity index (χ0v) is 15.8. The lowest BCUT2D eigenvalue weighted by molar-refractivity contribution is 0.0694. The number of nitrogens with zero attached hydrogens (tertiary/aromatic N) is 3. The van der Waals surface area contributed by atoms with E-state index in [2.05, 4.69) is 10.3 Å². The normalized spacial score (nSPS) is 14.9. The average Bonchev–Trinajstić information content (AvgIpc) is 2.62. The van der Waals surface area contributed by atoms with Crippen molar-refractivity contribution in [2.75, 3.05) is 37.8 Å². The van der Waals surface area contributed by atoms with Crippen molar-refractivity contribution >= 4 is 35.2 Å². The lowest BCUT2D eigenvalue weighted by atomic mass is 10.1. The maximum Gasteiger partial charge on any atom is 0.341 e. The molecule has 1 fully saturated rings. The minimum atomic E-state index is -1.45. The maximum absolute atomic E-state index is 14.6. The van der Waals surface area contributed by atoms with Crippen LogP contribution in [-0.4, -0.2) is 53.5 Å². The predicted molar refractivity (Wildman–Crippen MR) is 101 cm³/mol. The third kappa shape index (κ3) is 3.74. The van der Waals surface area contributed by atoms with Crippen molar-refractivity contribution in [3.8, 4) is 0 Å². The van der Waals surface area contributed by atoms with Gasteiger partial charge in [-0.05, 0) is 19.9 Å². The molecule has 3 heterocycles. The third-order valence-electron chi connectivity index (χ3n) is 4.54. The van der Waals surface area contributed by atoms with E-state index in [1.54, 1.807) is 18.7 Å². The summed E-state index contributed by atoms with van der Waals surface area (Å²) in [7, 11) is 0. The van der Waals surface area contributed by atoms with Gasteiger partial charge in [-0.3, -0.25) is 4.79 Å². The van der Waals surface area contributed by atoms with E-state index in [0.717, 1.165) is 12.3 Å². The van der Waals surface area contributed by atoms with Gasteiger partial charge < -0.3 is 19.9 Å². The lowest BCUT2D eigenvalue weighted by Gasteiger charge is -2.30. The summed E-state index contributed by atoms with van der Waals surface area (Å²) in [5.41, 5.74) is -2.47. The molecule has 2 N–H and O–H groups in total. The van der Waals surface area contributed by atoms with E-state index in [1.165, 1.54) is 4.57 Å². The summed E-state index contributed by atoms with van der Waals surface area (Å²) in [4.78, 5) is 29.9. The number of piperazine rings is 1. The van der Waals surface area contributed by atoms with Gasteiger partial charge in [-0.25, -0.2) is 18.6 Å². The van der Waals surface area contributed by atoms with Gasteiger partial charge in [-0.1, -0.05) is 0 Å². The molecule has 10 heteroatoms. The van der Waals surface area contributed by atoms with Crippen molar-refractivity contribution in [2.24, 2.45) is 0 Å². The molecule has 1 saturated heterocycles. The molecule has 148 valence electrons. The molecule has 1 aliphatic rings. The van der Waals surface area contributed by atoms with Crippen LogP contribution in [0.1, 0.15) is 24.2 Å². The molecule has 0 saturated carbocycles. The van der Waals surface area contributed by atoms with E-state index in [9.17, 15) is 23.5 Å². The Morgan fingerprint density at radius 3 is 2.56 bits per heavy atom. The van der Waals surface area contributed by atoms with E-state index in [-0.39, 0.29) is 29.3 Å². The molecule has 2 aromatic heterocycles. The van der Waals surface area contributed by atoms with Crippen LogP contribution in [0.15, 0.2) is 17.1 Å². The zero-order valence-electron chi connectivity index (χ0n) is 15.0. The topological polar surface area (TPSA) is 87.5 Å². The fourth-order valence-electron chi connectivity index (χ4n) is 2.99. The zero-order chi connectivity index (χ0) is 19.1. The number of hydrogen-bond acceptors (Lipinski definition) is 5. The first-order valence-electron chi connectivity index (χ1n) is 8.27. The summed E-state index contributed by atoms with van der Waals surface area (Å²) in [6.45, 7) is 4.71. The molecule has 1 aliphatic heterocycles. The Balaban J connectivity index is 0.00000261. The summed E-state index contributed by atoms with van der Waals surface area (Å²) in [5.74, 6) is -2.08. The summed E-state index contributed by atoms with van der Waals surface area (Å²) in [6.07, 6.45) is 1.08. The van der Waals surface area contributed by atoms with Crippen LogP contribution in [0.5, 0.6) is 0 Å². The number of carbonyl (C=O) groups is 1. The third-order valence-corrected chi connectivity index (χ3v) is 4.54. The van der Waals surface area contributed by atoms with Crippen LogP contribution < -0.4 is 15.6 Å². The van der Waals surface area contributed by atoms with E-state index < -0.39 is 35.0 Å². The first-order valence-corrected chi connectivity index (χ1v) is 8.27. The number of fused-ring (bicyclic) bond motifs is 1. The highest BCUT2D eigenvalue weighted by Crippen LogP contribution is 2.26. The Hall–Kier alpha value is -2.26. The first kappa shape index (κ1) is 21.0. The Kier molecular flexibility index (Phi) is 6.06. The molecule has 0 aromatic carbocycles. The molecule has 3 rings (SSSR count). The van der Waals surface area contributed by atoms with Gasteiger partial charge in [-0.2, -0.15) is 0 Å². The number of alkyl halides is 1. The van der Waals surface area contributed by atoms with Crippen molar-refractivity contribution in [3.05, 3.63) is 33.9 Å². The molecule has 0 atom stereocenters. The summed E-state index contributed by atoms with van der Waals surface area (Å²) < 4.78 is 29.5. The molecule has 0 unspecified atom stereocenters. The van der Waals surface area contributed by atoms with Crippen LogP contribution in [0.3, 0.4) is 0 Å². The second kappa shape index (κ2) is 7.77. The van der Waals surface area contributed by atoms with Crippen molar-refractivity contribution in [2.45, 2.75) is 19.4 Å². The highest BCUT2D eigenvalue weighted by molar-refractivity contribution is 5.92. The molecule has 0 radical (unpaired) electrons. The monoisotopic (exact) mass is 402 g/mol. The summed E-state index contributed by atoms with van der Waals surface area (Å²) in [6, 6.07) is 0.999. The quantitative estimate of drug-likeness (QED) is 0.810. The standard InChI is InChI=1S/C17H20F2N4O3.ClH/c1-17(2,9-18)23-8-11(16(25)26)13(24)10-7-12(19)15(21-14(10)23)22-5-3-20-4-6-22;/h7-8,20H,3-6,9H2,1-2H3,(H,25,26);1H. The minimum Gasteiger partial charge on any atom is -0.477 e. The van der Waals surface area contributed by atoms with Crippen LogP contribution in [-0.2, 0) is 5.54 Å². The minimum absolute atomic E-state index is 0. The van der Waals surface area contributed by atoms with Gasteiger partial charge in [0.2, 0.25) is 5.43 Å². The molecule has 0 aliphatic carbocycles. The van der Waals surface area contributed by atoms with E-state index in [1.807, 2.05) is 0 Å². The first-order chi connectivity index (χ1) is 12.3. The SMILES string of the molecule is CC(C)(CF)n1cc(C(=O)O)c(=O)c2cc(F)c(N3CCNCC3)nc21.Cl. The Labute approximate surface area is 160 Å². The number of carboxylic acids is 1. The van der Waals surface area contributed by atoms with Crippen LogP contribution in [0, 0.1) is 5.82 Å². The smallest absolute Gasteiger partial charge is 0.341 e. The van der Waals surface area contributed by atoms with Gasteiger partial charge in [0.25, 0.3) is 0 Å². The van der Waals surface area contributed by atoms with Crippen molar-refractivity contribution in [3.63, 3.8) is 0 Å². The Morgan fingerprint density at radius 1 is 1.37 bits per heavy atom. The highest BCUT2D eigenvalue weighted by atomic mass is 35.5. The van der Waals surface area contributed by atoms with Crippen LogP contribution in [0.4, 0.5) is 14.6 Å². The van der Waals surface area contributed by atoms with Crippen LogP contribution >= 0.6 is 12.4 Å². The molecule has 2 aromatic rings. The summed E-state index contributed by atoms with van der Waals surface area (Å²) >= 11 is 0. The molecule has 0 bridgehead atoms. The number of nitrogens with one attached hydrogen (secondary N) is 1. The van der Waals surface area contributed by atoms with Gasteiger partial charge in [0.15, 0.2) is 11.6 Å². The number of hydrogen-bond donors (Lipinski definition) is 2. The predicted octanol–water partition coefficient (Wildman–Crippen LogP) is 1.77. The van der Waals surface area contributed by atoms with Gasteiger partial charge in [-0.15, -0.1) is 12.4 Å². The van der Waals surface area contributed by atoms with Crippen molar-refractivity contribution < 1.29 is 18.7 Å². The number of rotatable bonds is 4. The molecular formula is C17H21ClF2N4O3. The van der Waals surface area contributed by atoms with Gasteiger partial charge in [0, 0.05) is 32.4 Å². The van der Waals surface area contributed by atoms with Crippen LogP contribution in [0.2, 0.25) is 0 Å². The second-order valence-corrected chi connectivity index (χ2v) is 6.90. The molecular weight excluding hydrogens is 382 g/mol. The Bertz CT molecular complexity index is 927. The van der Waals surface area contributed by atoms with Gasteiger partial charge in [0.05, 0.1) is 10.9 Å². The van der Waals surface area contributed by atoms with E-state index in [0.29, 0.717) is 26.2 Å².